The Bertz CT molecular complexity index is 596. The van der Waals surface area contributed by atoms with Gasteiger partial charge in [0.1, 0.15) is 11.4 Å². The van der Waals surface area contributed by atoms with Crippen molar-refractivity contribution in [2.24, 2.45) is 11.8 Å². The van der Waals surface area contributed by atoms with E-state index in [0.29, 0.717) is 0 Å². The Hall–Kier alpha value is -1.13. The van der Waals surface area contributed by atoms with Gasteiger partial charge in [-0.15, -0.1) is 11.3 Å². The van der Waals surface area contributed by atoms with Crippen LogP contribution in [0.25, 0.3) is 5.57 Å². The van der Waals surface area contributed by atoms with E-state index in [0.717, 1.165) is 28.8 Å². The van der Waals surface area contributed by atoms with Gasteiger partial charge in [-0.3, -0.25) is 0 Å². The van der Waals surface area contributed by atoms with E-state index < -0.39 is 0 Å². The molecule has 126 valence electrons. The smallest absolute Gasteiger partial charge is 0.348 e. The molecule has 3 rings (SSSR count). The third-order valence-corrected chi connectivity index (χ3v) is 6.45. The summed E-state index contributed by atoms with van der Waals surface area (Å²) in [5.41, 5.74) is 4.19. The molecule has 2 aliphatic rings. The minimum atomic E-state index is -0.192. The predicted molar refractivity (Wildman–Crippen MR) is 94.9 cm³/mol. The summed E-state index contributed by atoms with van der Waals surface area (Å²) in [6.07, 6.45) is 6.50. The zero-order valence-corrected chi connectivity index (χ0v) is 15.3. The fourth-order valence-electron chi connectivity index (χ4n) is 4.13. The van der Waals surface area contributed by atoms with Crippen molar-refractivity contribution < 1.29 is 14.4 Å². The number of esters is 1. The second-order valence-corrected chi connectivity index (χ2v) is 8.17. The van der Waals surface area contributed by atoms with Crippen LogP contribution in [0.2, 0.25) is 0 Å². The van der Waals surface area contributed by atoms with E-state index in [1.807, 2.05) is 5.38 Å². The number of ether oxygens (including phenoxy) is 1. The molecule has 1 fully saturated rings. The normalized spacial score (nSPS) is 28.7. The highest BCUT2D eigenvalue weighted by atomic mass is 32.1. The van der Waals surface area contributed by atoms with Crippen LogP contribution < -0.4 is 4.90 Å². The van der Waals surface area contributed by atoms with Gasteiger partial charge in [-0.2, -0.15) is 0 Å². The SMILES string of the molecule is COC(=O)c1sccc1C1=C(C2CCC(C)CC2)CC[NH+](C)C1. The summed E-state index contributed by atoms with van der Waals surface area (Å²) in [7, 11) is 3.73. The highest BCUT2D eigenvalue weighted by Crippen LogP contribution is 2.39. The van der Waals surface area contributed by atoms with Crippen molar-refractivity contribution in [2.75, 3.05) is 27.2 Å². The van der Waals surface area contributed by atoms with E-state index in [9.17, 15) is 4.79 Å². The van der Waals surface area contributed by atoms with Gasteiger partial charge in [0, 0.05) is 17.6 Å². The fourth-order valence-corrected chi connectivity index (χ4v) is 4.97. The molecular weight excluding hydrogens is 306 g/mol. The van der Waals surface area contributed by atoms with Gasteiger partial charge >= 0.3 is 5.97 Å². The van der Waals surface area contributed by atoms with Crippen LogP contribution in [0, 0.1) is 11.8 Å². The molecule has 1 unspecified atom stereocenters. The molecule has 0 spiro atoms. The molecule has 1 aromatic heterocycles. The maximum absolute atomic E-state index is 12.1. The molecule has 1 aromatic rings. The molecule has 0 amide bonds. The number of methoxy groups -OCH3 is 1. The molecule has 23 heavy (non-hydrogen) atoms. The topological polar surface area (TPSA) is 30.7 Å². The number of carbonyl (C=O) groups excluding carboxylic acids is 1. The summed E-state index contributed by atoms with van der Waals surface area (Å²) >= 11 is 1.51. The van der Waals surface area contributed by atoms with Gasteiger partial charge in [-0.25, -0.2) is 4.79 Å². The number of rotatable bonds is 3. The first kappa shape index (κ1) is 16.7. The average Bonchev–Trinajstić information content (AvgIpc) is 3.04. The van der Waals surface area contributed by atoms with E-state index >= 15 is 0 Å². The summed E-state index contributed by atoms with van der Waals surface area (Å²) in [6.45, 7) is 4.61. The van der Waals surface area contributed by atoms with Crippen LogP contribution in [0.4, 0.5) is 0 Å². The minimum Gasteiger partial charge on any atom is -0.465 e. The monoisotopic (exact) mass is 334 g/mol. The Labute approximate surface area is 143 Å². The van der Waals surface area contributed by atoms with Crippen molar-refractivity contribution in [1.29, 1.82) is 0 Å². The molecule has 1 aliphatic carbocycles. The van der Waals surface area contributed by atoms with Crippen LogP contribution in [0.15, 0.2) is 17.0 Å². The number of nitrogens with one attached hydrogen (secondary N) is 1. The maximum atomic E-state index is 12.1. The predicted octanol–water partition coefficient (Wildman–Crippen LogP) is 3.03. The molecule has 0 saturated heterocycles. The van der Waals surface area contributed by atoms with Crippen molar-refractivity contribution in [3.05, 3.63) is 27.5 Å². The Kier molecular flexibility index (Phi) is 5.22. The van der Waals surface area contributed by atoms with Gasteiger partial charge in [0.2, 0.25) is 0 Å². The van der Waals surface area contributed by atoms with E-state index in [1.54, 1.807) is 5.57 Å². The molecule has 3 nitrogen and oxygen atoms in total. The molecule has 1 aliphatic heterocycles. The third-order valence-electron chi connectivity index (χ3n) is 5.56. The van der Waals surface area contributed by atoms with Crippen LogP contribution in [0.3, 0.4) is 0 Å². The largest absolute Gasteiger partial charge is 0.465 e. The summed E-state index contributed by atoms with van der Waals surface area (Å²) < 4.78 is 4.99. The second kappa shape index (κ2) is 7.18. The van der Waals surface area contributed by atoms with Crippen molar-refractivity contribution >= 4 is 22.9 Å². The summed E-state index contributed by atoms with van der Waals surface area (Å²) in [4.78, 5) is 14.4. The first-order valence-electron chi connectivity index (χ1n) is 8.79. The molecule has 0 radical (unpaired) electrons. The van der Waals surface area contributed by atoms with Gasteiger partial charge in [0.05, 0.1) is 20.7 Å². The lowest BCUT2D eigenvalue weighted by atomic mass is 9.75. The van der Waals surface area contributed by atoms with E-state index in [-0.39, 0.29) is 5.97 Å². The Morgan fingerprint density at radius 3 is 2.74 bits per heavy atom. The highest BCUT2D eigenvalue weighted by molar-refractivity contribution is 7.12. The quantitative estimate of drug-likeness (QED) is 0.862. The highest BCUT2D eigenvalue weighted by Gasteiger charge is 2.30. The lowest BCUT2D eigenvalue weighted by molar-refractivity contribution is -0.872. The molecule has 0 aromatic carbocycles. The van der Waals surface area contributed by atoms with Crippen LogP contribution in [0.1, 0.15) is 54.3 Å². The molecule has 4 heteroatoms. The Morgan fingerprint density at radius 1 is 1.30 bits per heavy atom. The fraction of sp³-hybridized carbons (Fsp3) is 0.632. The van der Waals surface area contributed by atoms with Crippen molar-refractivity contribution in [2.45, 2.75) is 39.0 Å². The Balaban J connectivity index is 1.97. The van der Waals surface area contributed by atoms with Gasteiger partial charge < -0.3 is 9.64 Å². The van der Waals surface area contributed by atoms with Crippen LogP contribution in [-0.2, 0) is 4.74 Å². The van der Waals surface area contributed by atoms with E-state index in [1.165, 1.54) is 67.6 Å². The number of carbonyl (C=O) groups is 1. The maximum Gasteiger partial charge on any atom is 0.348 e. The van der Waals surface area contributed by atoms with Crippen molar-refractivity contribution in [1.82, 2.24) is 0 Å². The van der Waals surface area contributed by atoms with E-state index in [4.69, 9.17) is 4.74 Å². The molecule has 2 heterocycles. The number of hydrogen-bond acceptors (Lipinski definition) is 3. The van der Waals surface area contributed by atoms with Crippen molar-refractivity contribution in [3.8, 4) is 0 Å². The number of thiophene rings is 1. The number of likely N-dealkylation sites (N-methyl/N-ethyl adjacent to an activating group) is 1. The average molecular weight is 335 g/mol. The van der Waals surface area contributed by atoms with Crippen molar-refractivity contribution in [3.63, 3.8) is 0 Å². The molecule has 0 bridgehead atoms. The summed E-state index contributed by atoms with van der Waals surface area (Å²) in [5.74, 6) is 1.40. The van der Waals surface area contributed by atoms with Gasteiger partial charge in [0.25, 0.3) is 0 Å². The van der Waals surface area contributed by atoms with Gasteiger partial charge in [0.15, 0.2) is 0 Å². The molecule has 1 N–H and O–H groups in total. The first-order valence-corrected chi connectivity index (χ1v) is 9.67. The minimum absolute atomic E-state index is 0.192. The molecule has 1 atom stereocenters. The van der Waals surface area contributed by atoms with Crippen LogP contribution >= 0.6 is 11.3 Å². The van der Waals surface area contributed by atoms with Crippen LogP contribution in [-0.4, -0.2) is 33.2 Å². The summed E-state index contributed by atoms with van der Waals surface area (Å²) in [6, 6.07) is 2.12. The third kappa shape index (κ3) is 3.53. The Morgan fingerprint density at radius 2 is 2.04 bits per heavy atom. The van der Waals surface area contributed by atoms with Gasteiger partial charge in [-0.05, 0) is 36.1 Å². The van der Waals surface area contributed by atoms with Gasteiger partial charge in [-0.1, -0.05) is 25.3 Å². The van der Waals surface area contributed by atoms with E-state index in [2.05, 4.69) is 20.0 Å². The number of quaternary nitrogens is 1. The zero-order chi connectivity index (χ0) is 16.4. The lowest BCUT2D eigenvalue weighted by Crippen LogP contribution is -3.09. The van der Waals surface area contributed by atoms with Crippen LogP contribution in [0.5, 0.6) is 0 Å². The number of hydrogen-bond donors (Lipinski definition) is 1. The second-order valence-electron chi connectivity index (χ2n) is 7.25. The summed E-state index contributed by atoms with van der Waals surface area (Å²) in [5, 5.41) is 2.03. The zero-order valence-electron chi connectivity index (χ0n) is 14.5. The molecular formula is C19H28NO2S+. The lowest BCUT2D eigenvalue weighted by Gasteiger charge is -2.34. The standard InChI is InChI=1S/C19H27NO2S/c1-13-4-6-14(7-5-13)15-8-10-20(2)12-17(15)16-9-11-23-18(16)19(21)22-3/h9,11,13-14H,4-8,10,12H2,1-3H3/p+1. The first-order chi connectivity index (χ1) is 11.1. The molecule has 1 saturated carbocycles.